The van der Waals surface area contributed by atoms with E-state index in [0.29, 0.717) is 10.9 Å². The van der Waals surface area contributed by atoms with Crippen molar-refractivity contribution in [2.45, 2.75) is 13.0 Å². The molecule has 5 nitrogen and oxygen atoms in total. The van der Waals surface area contributed by atoms with Gasteiger partial charge in [-0.25, -0.2) is 0 Å². The maximum absolute atomic E-state index is 5.93. The summed E-state index contributed by atoms with van der Waals surface area (Å²) in [4.78, 5) is 11.4. The van der Waals surface area contributed by atoms with Crippen molar-refractivity contribution in [3.63, 3.8) is 0 Å². The van der Waals surface area contributed by atoms with E-state index in [1.807, 2.05) is 24.5 Å². The molecule has 0 unspecified atom stereocenters. The zero-order valence-corrected chi connectivity index (χ0v) is 14.8. The van der Waals surface area contributed by atoms with Crippen LogP contribution in [0.15, 0.2) is 49.1 Å². The summed E-state index contributed by atoms with van der Waals surface area (Å²) < 4.78 is 7.96. The Morgan fingerprint density at radius 1 is 1.20 bits per heavy atom. The molecule has 3 aromatic rings. The fraction of sp³-hybridized carbons (Fsp3) is 0.368. The Bertz CT molecular complexity index is 833. The third-order valence-corrected chi connectivity index (χ3v) is 4.83. The quantitative estimate of drug-likeness (QED) is 0.720. The third kappa shape index (κ3) is 4.00. The number of halogens is 1. The normalized spacial score (nSPS) is 19.2. The van der Waals surface area contributed by atoms with E-state index >= 15 is 0 Å². The van der Waals surface area contributed by atoms with Gasteiger partial charge in [-0.2, -0.15) is 0 Å². The average Bonchev–Trinajstić information content (AvgIpc) is 3.00. The molecule has 0 radical (unpaired) electrons. The van der Waals surface area contributed by atoms with E-state index in [2.05, 4.69) is 37.6 Å². The van der Waals surface area contributed by atoms with Gasteiger partial charge in [0.2, 0.25) is 0 Å². The molecule has 1 aliphatic rings. The minimum Gasteiger partial charge on any atom is -0.380 e. The number of ether oxygens (including phenoxy) is 1. The molecule has 6 heteroatoms. The number of hydrogen-bond acceptors (Lipinski definition) is 4. The molecule has 4 heterocycles. The van der Waals surface area contributed by atoms with Crippen molar-refractivity contribution >= 4 is 17.1 Å². The van der Waals surface area contributed by atoms with Crippen LogP contribution in [0.5, 0.6) is 0 Å². The lowest BCUT2D eigenvalue weighted by Crippen LogP contribution is -2.31. The maximum atomic E-state index is 5.93. The average molecular weight is 357 g/mol. The minimum atomic E-state index is 0.420. The van der Waals surface area contributed by atoms with Crippen molar-refractivity contribution in [3.05, 3.63) is 65.5 Å². The third-order valence-electron chi connectivity index (χ3n) is 4.61. The van der Waals surface area contributed by atoms with Crippen LogP contribution in [0.2, 0.25) is 5.02 Å². The van der Waals surface area contributed by atoms with Crippen molar-refractivity contribution < 1.29 is 4.74 Å². The van der Waals surface area contributed by atoms with Crippen LogP contribution in [0, 0.1) is 5.92 Å². The molecule has 25 heavy (non-hydrogen) atoms. The van der Waals surface area contributed by atoms with E-state index in [1.165, 1.54) is 5.52 Å². The van der Waals surface area contributed by atoms with Crippen LogP contribution >= 0.6 is 11.6 Å². The predicted molar refractivity (Wildman–Crippen MR) is 97.7 cm³/mol. The molecule has 0 bridgehead atoms. The molecular formula is C19H21ClN4O. The van der Waals surface area contributed by atoms with E-state index < -0.39 is 0 Å². The maximum Gasteiger partial charge on any atom is 0.0666 e. The van der Waals surface area contributed by atoms with Gasteiger partial charge < -0.3 is 9.14 Å². The Kier molecular flexibility index (Phi) is 4.97. The molecule has 0 aromatic carbocycles. The lowest BCUT2D eigenvalue weighted by molar-refractivity contribution is 0.121. The smallest absolute Gasteiger partial charge is 0.0666 e. The van der Waals surface area contributed by atoms with Crippen molar-refractivity contribution in [3.8, 4) is 0 Å². The fourth-order valence-electron chi connectivity index (χ4n) is 3.41. The summed E-state index contributed by atoms with van der Waals surface area (Å²) in [6.45, 7) is 4.25. The monoisotopic (exact) mass is 356 g/mol. The van der Waals surface area contributed by atoms with E-state index in [9.17, 15) is 0 Å². The molecule has 1 atom stereocenters. The number of nitrogens with zero attached hydrogens (tertiary/aromatic N) is 4. The Balaban J connectivity index is 1.46. The molecule has 1 saturated heterocycles. The topological polar surface area (TPSA) is 42.7 Å². The minimum absolute atomic E-state index is 0.420. The van der Waals surface area contributed by atoms with Gasteiger partial charge in [-0.3, -0.25) is 14.9 Å². The highest BCUT2D eigenvalue weighted by molar-refractivity contribution is 6.30. The van der Waals surface area contributed by atoms with Crippen molar-refractivity contribution in [2.75, 3.05) is 26.3 Å². The zero-order chi connectivity index (χ0) is 17.1. The van der Waals surface area contributed by atoms with Crippen LogP contribution in [-0.4, -0.2) is 45.6 Å². The summed E-state index contributed by atoms with van der Waals surface area (Å²) in [7, 11) is 0. The molecule has 3 aromatic heterocycles. The lowest BCUT2D eigenvalue weighted by atomic mass is 10.0. The van der Waals surface area contributed by atoms with Crippen LogP contribution in [0.3, 0.4) is 0 Å². The molecule has 1 fully saturated rings. The van der Waals surface area contributed by atoms with Crippen LogP contribution in [-0.2, 0) is 17.7 Å². The standard InChI is InChI=1S/C19H21ClN4O/c20-16-3-4-17(22-11-16)13-23-8-9-25-14-15(12-23)10-18-19-2-1-6-24(19)7-5-21-18/h1-7,11,15H,8-10,12-14H2/t15-/m0/s1. The molecule has 4 rings (SSSR count). The summed E-state index contributed by atoms with van der Waals surface area (Å²) in [5.74, 6) is 0.420. The molecular weight excluding hydrogens is 336 g/mol. The first-order valence-electron chi connectivity index (χ1n) is 8.59. The lowest BCUT2D eigenvalue weighted by Gasteiger charge is -2.23. The van der Waals surface area contributed by atoms with Gasteiger partial charge >= 0.3 is 0 Å². The van der Waals surface area contributed by atoms with Gasteiger partial charge in [0, 0.05) is 50.3 Å². The number of fused-ring (bicyclic) bond motifs is 1. The first kappa shape index (κ1) is 16.5. The second-order valence-electron chi connectivity index (χ2n) is 6.52. The Morgan fingerprint density at radius 2 is 2.16 bits per heavy atom. The SMILES string of the molecule is Clc1ccc(CN2CCOC[C@@H](Cc3nccn4cccc34)C2)nc1. The van der Waals surface area contributed by atoms with Gasteiger partial charge in [0.1, 0.15) is 0 Å². The fourth-order valence-corrected chi connectivity index (χ4v) is 3.52. The summed E-state index contributed by atoms with van der Waals surface area (Å²) in [5, 5.41) is 0.673. The largest absolute Gasteiger partial charge is 0.380 e. The van der Waals surface area contributed by atoms with Crippen LogP contribution < -0.4 is 0 Å². The highest BCUT2D eigenvalue weighted by atomic mass is 35.5. The van der Waals surface area contributed by atoms with Crippen LogP contribution in [0.25, 0.3) is 5.52 Å². The zero-order valence-electron chi connectivity index (χ0n) is 14.0. The van der Waals surface area contributed by atoms with E-state index in [-0.39, 0.29) is 0 Å². The number of rotatable bonds is 4. The van der Waals surface area contributed by atoms with Crippen molar-refractivity contribution in [1.29, 1.82) is 0 Å². The second kappa shape index (κ2) is 7.52. The van der Waals surface area contributed by atoms with E-state index in [1.54, 1.807) is 6.20 Å². The molecule has 1 aliphatic heterocycles. The number of hydrogen-bond donors (Lipinski definition) is 0. The summed E-state index contributed by atoms with van der Waals surface area (Å²) in [6.07, 6.45) is 8.54. The molecule has 0 saturated carbocycles. The second-order valence-corrected chi connectivity index (χ2v) is 6.96. The number of pyridine rings is 1. The molecule has 0 N–H and O–H groups in total. The predicted octanol–water partition coefficient (Wildman–Crippen LogP) is 3.07. The first-order valence-corrected chi connectivity index (χ1v) is 8.97. The summed E-state index contributed by atoms with van der Waals surface area (Å²) in [6, 6.07) is 8.07. The van der Waals surface area contributed by atoms with Gasteiger partial charge in [-0.1, -0.05) is 11.6 Å². The van der Waals surface area contributed by atoms with Crippen LogP contribution in [0.4, 0.5) is 0 Å². The van der Waals surface area contributed by atoms with Crippen molar-refractivity contribution in [1.82, 2.24) is 19.3 Å². The molecule has 0 amide bonds. The highest BCUT2D eigenvalue weighted by Crippen LogP contribution is 2.18. The summed E-state index contributed by atoms with van der Waals surface area (Å²) in [5.41, 5.74) is 3.35. The Labute approximate surface area is 152 Å². The molecule has 0 aliphatic carbocycles. The van der Waals surface area contributed by atoms with Crippen LogP contribution in [0.1, 0.15) is 11.4 Å². The van der Waals surface area contributed by atoms with Gasteiger partial charge in [-0.05, 0) is 30.7 Å². The van der Waals surface area contributed by atoms with E-state index in [0.717, 1.165) is 50.7 Å². The van der Waals surface area contributed by atoms with Gasteiger partial charge in [0.15, 0.2) is 0 Å². The van der Waals surface area contributed by atoms with E-state index in [4.69, 9.17) is 16.3 Å². The highest BCUT2D eigenvalue weighted by Gasteiger charge is 2.21. The Morgan fingerprint density at radius 3 is 3.04 bits per heavy atom. The van der Waals surface area contributed by atoms with Gasteiger partial charge in [-0.15, -0.1) is 0 Å². The van der Waals surface area contributed by atoms with Gasteiger partial charge in [0.05, 0.1) is 35.1 Å². The Hall–Kier alpha value is -1.95. The van der Waals surface area contributed by atoms with Gasteiger partial charge in [0.25, 0.3) is 0 Å². The molecule has 0 spiro atoms. The molecule has 130 valence electrons. The first-order chi connectivity index (χ1) is 12.3. The number of aromatic nitrogens is 3. The van der Waals surface area contributed by atoms with Crippen molar-refractivity contribution in [2.24, 2.45) is 5.92 Å². The summed E-state index contributed by atoms with van der Waals surface area (Å²) >= 11 is 5.93.